The fourth-order valence-corrected chi connectivity index (χ4v) is 5.04. The smallest absolute Gasteiger partial charge is 0.281 e. The Labute approximate surface area is 140 Å². The van der Waals surface area contributed by atoms with Gasteiger partial charge in [0.1, 0.15) is 0 Å². The van der Waals surface area contributed by atoms with E-state index in [0.717, 1.165) is 44.9 Å². The third kappa shape index (κ3) is 4.90. The molecule has 2 saturated heterocycles. The molecule has 0 radical (unpaired) electrons. The summed E-state index contributed by atoms with van der Waals surface area (Å²) in [6.07, 6.45) is 6.49. The van der Waals surface area contributed by atoms with Crippen LogP contribution in [0.25, 0.3) is 0 Å². The number of piperidine rings is 1. The molecule has 0 aromatic carbocycles. The molecule has 2 fully saturated rings. The minimum Gasteiger partial charge on any atom is -0.353 e. The third-order valence-electron chi connectivity index (χ3n) is 4.97. The zero-order valence-electron chi connectivity index (χ0n) is 14.5. The molecule has 1 amide bonds. The molecule has 0 bridgehead atoms. The molecule has 2 atom stereocenters. The van der Waals surface area contributed by atoms with E-state index in [9.17, 15) is 13.2 Å². The molecule has 2 heterocycles. The summed E-state index contributed by atoms with van der Waals surface area (Å²) in [5.74, 6) is -0.227. The minimum atomic E-state index is -3.42. The van der Waals surface area contributed by atoms with Crippen molar-refractivity contribution in [2.75, 3.05) is 26.2 Å². The van der Waals surface area contributed by atoms with Gasteiger partial charge >= 0.3 is 0 Å². The van der Waals surface area contributed by atoms with E-state index >= 15 is 0 Å². The molecular weight excluding hydrogens is 314 g/mol. The van der Waals surface area contributed by atoms with Crippen LogP contribution in [0.1, 0.15) is 58.8 Å². The lowest BCUT2D eigenvalue weighted by molar-refractivity contribution is -0.126. The normalized spacial score (nSPS) is 26.4. The molecule has 6 nitrogen and oxygen atoms in total. The van der Waals surface area contributed by atoms with E-state index in [-0.39, 0.29) is 17.9 Å². The van der Waals surface area contributed by atoms with Crippen molar-refractivity contribution in [3.8, 4) is 0 Å². The molecule has 0 aliphatic carbocycles. The average molecular weight is 346 g/mol. The number of hydrogen-bond acceptors (Lipinski definition) is 3. The van der Waals surface area contributed by atoms with Crippen molar-refractivity contribution in [1.29, 1.82) is 0 Å². The van der Waals surface area contributed by atoms with Crippen LogP contribution in [-0.2, 0) is 15.0 Å². The van der Waals surface area contributed by atoms with Gasteiger partial charge in [-0.1, -0.05) is 19.8 Å². The highest BCUT2D eigenvalue weighted by Gasteiger charge is 2.36. The summed E-state index contributed by atoms with van der Waals surface area (Å²) < 4.78 is 28.9. The predicted octanol–water partition coefficient (Wildman–Crippen LogP) is 1.73. The molecule has 2 rings (SSSR count). The fourth-order valence-electron chi connectivity index (χ4n) is 3.26. The lowest BCUT2D eigenvalue weighted by atomic mass is 9.98. The van der Waals surface area contributed by atoms with E-state index in [1.807, 2.05) is 13.8 Å². The minimum absolute atomic E-state index is 0.00452. The van der Waals surface area contributed by atoms with Crippen molar-refractivity contribution in [3.05, 3.63) is 0 Å². The lowest BCUT2D eigenvalue weighted by Gasteiger charge is -2.35. The summed E-state index contributed by atoms with van der Waals surface area (Å²) >= 11 is 0. The number of nitrogens with one attached hydrogen (secondary N) is 1. The van der Waals surface area contributed by atoms with Gasteiger partial charge in [0, 0.05) is 32.2 Å². The van der Waals surface area contributed by atoms with Crippen molar-refractivity contribution in [2.24, 2.45) is 5.92 Å². The van der Waals surface area contributed by atoms with Gasteiger partial charge in [-0.3, -0.25) is 4.79 Å². The Kier molecular flexibility index (Phi) is 6.85. The Morgan fingerprint density at radius 1 is 1.09 bits per heavy atom. The van der Waals surface area contributed by atoms with Gasteiger partial charge in [-0.15, -0.1) is 0 Å². The summed E-state index contributed by atoms with van der Waals surface area (Å²) in [4.78, 5) is 12.3. The SMILES string of the molecule is CC[C@H](C)NC(=O)[C@H]1CCCN(S(=O)(=O)N2CCCCCC2)C1. The maximum atomic E-state index is 12.9. The Balaban J connectivity index is 2.00. The summed E-state index contributed by atoms with van der Waals surface area (Å²) in [5, 5.41) is 2.99. The Morgan fingerprint density at radius 2 is 1.70 bits per heavy atom. The first-order valence-corrected chi connectivity index (χ1v) is 10.4. The van der Waals surface area contributed by atoms with Crippen molar-refractivity contribution in [3.63, 3.8) is 0 Å². The standard InChI is InChI=1S/C16H31N3O3S/c1-3-14(2)17-16(20)15-9-8-12-19(13-15)23(21,22)18-10-6-4-5-7-11-18/h14-15H,3-13H2,1-2H3,(H,17,20)/t14-,15-/m0/s1. The second-order valence-electron chi connectivity index (χ2n) is 6.84. The first-order valence-electron chi connectivity index (χ1n) is 9.00. The van der Waals surface area contributed by atoms with Crippen molar-refractivity contribution >= 4 is 16.1 Å². The van der Waals surface area contributed by atoms with E-state index in [0.29, 0.717) is 26.2 Å². The third-order valence-corrected chi connectivity index (χ3v) is 6.98. The van der Waals surface area contributed by atoms with Gasteiger partial charge in [-0.25, -0.2) is 0 Å². The second kappa shape index (κ2) is 8.44. The molecule has 23 heavy (non-hydrogen) atoms. The number of nitrogens with zero attached hydrogens (tertiary/aromatic N) is 2. The van der Waals surface area contributed by atoms with Gasteiger partial charge in [-0.2, -0.15) is 17.0 Å². The maximum Gasteiger partial charge on any atom is 0.281 e. The van der Waals surface area contributed by atoms with Crippen LogP contribution in [0.5, 0.6) is 0 Å². The maximum absolute atomic E-state index is 12.9. The van der Waals surface area contributed by atoms with Gasteiger partial charge in [0.25, 0.3) is 10.2 Å². The number of carbonyl (C=O) groups excluding carboxylic acids is 1. The summed E-state index contributed by atoms with van der Waals surface area (Å²) in [6.45, 7) is 6.09. The summed E-state index contributed by atoms with van der Waals surface area (Å²) in [6, 6.07) is 0.139. The van der Waals surface area contributed by atoms with E-state index in [4.69, 9.17) is 0 Å². The van der Waals surface area contributed by atoms with Crippen LogP contribution in [-0.4, -0.2) is 55.2 Å². The summed E-state index contributed by atoms with van der Waals surface area (Å²) in [5.41, 5.74) is 0. The monoisotopic (exact) mass is 345 g/mol. The Hall–Kier alpha value is -0.660. The van der Waals surface area contributed by atoms with Crippen molar-refractivity contribution in [1.82, 2.24) is 13.9 Å². The van der Waals surface area contributed by atoms with Crippen molar-refractivity contribution in [2.45, 2.75) is 64.8 Å². The Morgan fingerprint density at radius 3 is 2.30 bits per heavy atom. The average Bonchev–Trinajstić information content (AvgIpc) is 2.84. The molecule has 0 aromatic heterocycles. The lowest BCUT2D eigenvalue weighted by Crippen LogP contribution is -2.51. The van der Waals surface area contributed by atoms with Gasteiger partial charge in [0.2, 0.25) is 5.91 Å². The zero-order valence-corrected chi connectivity index (χ0v) is 15.3. The van der Waals surface area contributed by atoms with Crippen LogP contribution in [0.2, 0.25) is 0 Å². The van der Waals surface area contributed by atoms with Gasteiger partial charge in [0.05, 0.1) is 5.92 Å². The zero-order chi connectivity index (χ0) is 16.9. The highest BCUT2D eigenvalue weighted by Crippen LogP contribution is 2.23. The molecule has 2 aliphatic rings. The van der Waals surface area contributed by atoms with Crippen LogP contribution < -0.4 is 5.32 Å². The number of rotatable bonds is 5. The molecule has 0 aromatic rings. The molecular formula is C16H31N3O3S. The highest BCUT2D eigenvalue weighted by atomic mass is 32.2. The van der Waals surface area contributed by atoms with E-state index in [1.54, 1.807) is 4.31 Å². The van der Waals surface area contributed by atoms with Crippen LogP contribution in [0.4, 0.5) is 0 Å². The van der Waals surface area contributed by atoms with Gasteiger partial charge in [0.15, 0.2) is 0 Å². The molecule has 2 aliphatic heterocycles. The van der Waals surface area contributed by atoms with E-state index < -0.39 is 10.2 Å². The fraction of sp³-hybridized carbons (Fsp3) is 0.938. The summed E-state index contributed by atoms with van der Waals surface area (Å²) in [7, 11) is -3.42. The topological polar surface area (TPSA) is 69.7 Å². The van der Waals surface area contributed by atoms with Crippen LogP contribution in [0.3, 0.4) is 0 Å². The molecule has 1 N–H and O–H groups in total. The van der Waals surface area contributed by atoms with Crippen LogP contribution in [0.15, 0.2) is 0 Å². The quantitative estimate of drug-likeness (QED) is 0.825. The van der Waals surface area contributed by atoms with E-state index in [2.05, 4.69) is 5.32 Å². The largest absolute Gasteiger partial charge is 0.353 e. The Bertz CT molecular complexity index is 487. The van der Waals surface area contributed by atoms with Gasteiger partial charge < -0.3 is 5.32 Å². The van der Waals surface area contributed by atoms with Crippen LogP contribution >= 0.6 is 0 Å². The number of hydrogen-bond donors (Lipinski definition) is 1. The molecule has 0 spiro atoms. The van der Waals surface area contributed by atoms with Gasteiger partial charge in [-0.05, 0) is 39.0 Å². The van der Waals surface area contributed by atoms with Crippen LogP contribution in [0, 0.1) is 5.92 Å². The number of carbonyl (C=O) groups is 1. The second-order valence-corrected chi connectivity index (χ2v) is 8.76. The molecule has 134 valence electrons. The molecule has 0 unspecified atom stereocenters. The number of amides is 1. The predicted molar refractivity (Wildman–Crippen MR) is 91.2 cm³/mol. The first-order chi connectivity index (χ1) is 10.9. The highest BCUT2D eigenvalue weighted by molar-refractivity contribution is 7.86. The van der Waals surface area contributed by atoms with E-state index in [1.165, 1.54) is 4.31 Å². The molecule has 0 saturated carbocycles. The first kappa shape index (κ1) is 18.7. The van der Waals surface area contributed by atoms with Crippen molar-refractivity contribution < 1.29 is 13.2 Å². The molecule has 7 heteroatoms.